The van der Waals surface area contributed by atoms with E-state index in [1.807, 2.05) is 25.1 Å². The minimum Gasteiger partial charge on any atom is -0.493 e. The van der Waals surface area contributed by atoms with Crippen LogP contribution in [0.1, 0.15) is 70.1 Å². The zero-order chi connectivity index (χ0) is 30.9. The minimum absolute atomic E-state index is 0.316. The second kappa shape index (κ2) is 14.7. The van der Waals surface area contributed by atoms with E-state index in [4.69, 9.17) is 24.1 Å². The van der Waals surface area contributed by atoms with Crippen LogP contribution >= 0.6 is 0 Å². The summed E-state index contributed by atoms with van der Waals surface area (Å²) < 4.78 is 22.1. The molecule has 1 N–H and O–H groups in total. The van der Waals surface area contributed by atoms with E-state index in [-0.39, 0.29) is 0 Å². The van der Waals surface area contributed by atoms with Gasteiger partial charge in [0.15, 0.2) is 18.1 Å². The Bertz CT molecular complexity index is 1260. The van der Waals surface area contributed by atoms with Crippen LogP contribution in [0.5, 0.6) is 17.2 Å². The van der Waals surface area contributed by atoms with Crippen LogP contribution in [-0.2, 0) is 30.3 Å². The smallest absolute Gasteiger partial charge is 0.341 e. The van der Waals surface area contributed by atoms with Crippen molar-refractivity contribution in [2.45, 2.75) is 71.4 Å². The molecule has 0 bridgehead atoms. The number of piperidine rings is 1. The Labute approximate surface area is 246 Å². The highest BCUT2D eigenvalue weighted by molar-refractivity contribution is 6.38. The molecule has 1 amide bonds. The Morgan fingerprint density at radius 3 is 2.31 bits per heavy atom. The van der Waals surface area contributed by atoms with Gasteiger partial charge in [-0.2, -0.15) is 0 Å². The van der Waals surface area contributed by atoms with Gasteiger partial charge < -0.3 is 29.0 Å². The zero-order valence-corrected chi connectivity index (χ0v) is 25.0. The lowest BCUT2D eigenvalue weighted by molar-refractivity contribution is -0.164. The third-order valence-corrected chi connectivity index (χ3v) is 7.74. The van der Waals surface area contributed by atoms with Gasteiger partial charge in [0, 0.05) is 12.0 Å². The van der Waals surface area contributed by atoms with Crippen molar-refractivity contribution >= 4 is 23.6 Å². The number of ether oxygens (including phenoxy) is 4. The highest BCUT2D eigenvalue weighted by atomic mass is 16.5. The predicted molar refractivity (Wildman–Crippen MR) is 155 cm³/mol. The van der Waals surface area contributed by atoms with Gasteiger partial charge in [0.2, 0.25) is 5.78 Å². The number of benzene rings is 2. The molecule has 10 nitrogen and oxygen atoms in total. The number of methoxy groups -OCH3 is 2. The fraction of sp³-hybridized carbons (Fsp3) is 0.500. The Balaban J connectivity index is 1.84. The fourth-order valence-electron chi connectivity index (χ4n) is 4.77. The Hall–Kier alpha value is -4.08. The number of aryl methyl sites for hydroxylation is 1. The van der Waals surface area contributed by atoms with Crippen LogP contribution in [0.4, 0.5) is 0 Å². The first-order valence-electron chi connectivity index (χ1n) is 14.2. The van der Waals surface area contributed by atoms with Crippen molar-refractivity contribution in [1.29, 1.82) is 0 Å². The predicted octanol–water partition coefficient (Wildman–Crippen LogP) is 4.77. The number of esters is 1. The molecule has 1 fully saturated rings. The standard InChI is InChI=1S/C32H41NO9/c1-6-32(2,3)29(36)30(37)33-18-8-7-9-24(33)31(38)42-25(22-12-14-23(15-13-22)41-20-28(34)35)16-10-21-11-17-26(39-4)27(19-21)40-5/h11-15,17,19,24-25H,6-10,16,18,20H2,1-5H3,(H,34,35)/t24-,25-/m0/s1. The molecular formula is C32H41NO9. The first-order valence-corrected chi connectivity index (χ1v) is 14.2. The number of carboxylic acids is 1. The number of aliphatic carboxylic acids is 1. The van der Waals surface area contributed by atoms with E-state index >= 15 is 0 Å². The van der Waals surface area contributed by atoms with Crippen LogP contribution in [0.25, 0.3) is 0 Å². The van der Waals surface area contributed by atoms with Crippen molar-refractivity contribution in [2.75, 3.05) is 27.4 Å². The molecule has 2 aromatic rings. The van der Waals surface area contributed by atoms with Gasteiger partial charge in [0.1, 0.15) is 17.9 Å². The summed E-state index contributed by atoms with van der Waals surface area (Å²) >= 11 is 0. The molecule has 2 atom stereocenters. The quantitative estimate of drug-likeness (QED) is 0.247. The number of hydrogen-bond acceptors (Lipinski definition) is 8. The molecule has 2 aromatic carbocycles. The highest BCUT2D eigenvalue weighted by Crippen LogP contribution is 2.32. The topological polar surface area (TPSA) is 129 Å². The normalized spacial score (nSPS) is 15.8. The van der Waals surface area contributed by atoms with Crippen LogP contribution in [0, 0.1) is 5.41 Å². The van der Waals surface area contributed by atoms with E-state index in [9.17, 15) is 19.2 Å². The second-order valence-corrected chi connectivity index (χ2v) is 11.0. The van der Waals surface area contributed by atoms with Gasteiger partial charge in [-0.05, 0) is 73.9 Å². The number of carboxylic acid groups (broad SMARTS) is 1. The van der Waals surface area contributed by atoms with Gasteiger partial charge in [-0.15, -0.1) is 0 Å². The van der Waals surface area contributed by atoms with Crippen molar-refractivity contribution in [3.05, 3.63) is 53.6 Å². The summed E-state index contributed by atoms with van der Waals surface area (Å²) in [5.41, 5.74) is 0.801. The van der Waals surface area contributed by atoms with Gasteiger partial charge in [-0.25, -0.2) is 9.59 Å². The van der Waals surface area contributed by atoms with Crippen LogP contribution in [0.15, 0.2) is 42.5 Å². The third-order valence-electron chi connectivity index (χ3n) is 7.74. The molecule has 0 aromatic heterocycles. The van der Waals surface area contributed by atoms with Crippen LogP contribution < -0.4 is 14.2 Å². The molecule has 1 saturated heterocycles. The average molecular weight is 584 g/mol. The van der Waals surface area contributed by atoms with Gasteiger partial charge in [0.25, 0.3) is 5.91 Å². The van der Waals surface area contributed by atoms with Crippen molar-refractivity contribution in [3.63, 3.8) is 0 Å². The third kappa shape index (κ3) is 8.24. The number of ketones is 1. The van der Waals surface area contributed by atoms with Gasteiger partial charge in [0.05, 0.1) is 14.2 Å². The van der Waals surface area contributed by atoms with Crippen molar-refractivity contribution in [1.82, 2.24) is 4.90 Å². The fourth-order valence-corrected chi connectivity index (χ4v) is 4.77. The first-order chi connectivity index (χ1) is 20.0. The highest BCUT2D eigenvalue weighted by Gasteiger charge is 2.41. The summed E-state index contributed by atoms with van der Waals surface area (Å²) in [7, 11) is 3.12. The molecule has 0 saturated carbocycles. The molecular weight excluding hydrogens is 542 g/mol. The Kier molecular flexibility index (Phi) is 11.4. The molecule has 10 heteroatoms. The summed E-state index contributed by atoms with van der Waals surface area (Å²) in [6, 6.07) is 11.4. The van der Waals surface area contributed by atoms with Crippen LogP contribution in [0.3, 0.4) is 0 Å². The van der Waals surface area contributed by atoms with E-state index < -0.39 is 47.8 Å². The zero-order valence-electron chi connectivity index (χ0n) is 25.0. The number of carbonyl (C=O) groups is 4. The molecule has 0 spiro atoms. The molecule has 1 heterocycles. The average Bonchev–Trinajstić information content (AvgIpc) is 3.01. The maximum absolute atomic E-state index is 13.6. The SMILES string of the molecule is CCC(C)(C)C(=O)C(=O)N1CCCC[C@H]1C(=O)O[C@@H](CCc1ccc(OC)c(OC)c1)c1ccc(OCC(=O)O)cc1. The second-order valence-electron chi connectivity index (χ2n) is 11.0. The Morgan fingerprint density at radius 1 is 1.00 bits per heavy atom. The molecule has 0 aliphatic carbocycles. The van der Waals surface area contributed by atoms with Crippen LogP contribution in [0.2, 0.25) is 0 Å². The molecule has 0 radical (unpaired) electrons. The molecule has 42 heavy (non-hydrogen) atoms. The largest absolute Gasteiger partial charge is 0.493 e. The first kappa shape index (κ1) is 32.4. The van der Waals surface area contributed by atoms with E-state index in [2.05, 4.69) is 0 Å². The number of nitrogens with zero attached hydrogens (tertiary/aromatic N) is 1. The number of hydrogen-bond donors (Lipinski definition) is 1. The number of carbonyl (C=O) groups excluding carboxylic acids is 3. The number of likely N-dealkylation sites (tertiary alicyclic amines) is 1. The Morgan fingerprint density at radius 2 is 1.69 bits per heavy atom. The van der Waals surface area contributed by atoms with Gasteiger partial charge in [-0.3, -0.25) is 9.59 Å². The number of Topliss-reactive ketones (excluding diaryl/α,β-unsaturated/α-hetero) is 1. The number of rotatable bonds is 14. The van der Waals surface area contributed by atoms with Crippen molar-refractivity contribution in [3.8, 4) is 17.2 Å². The van der Waals surface area contributed by atoms with Crippen molar-refractivity contribution in [2.24, 2.45) is 5.41 Å². The molecule has 0 unspecified atom stereocenters. The lowest BCUT2D eigenvalue weighted by Gasteiger charge is -2.36. The summed E-state index contributed by atoms with van der Waals surface area (Å²) in [4.78, 5) is 52.1. The van der Waals surface area contributed by atoms with E-state index in [1.165, 1.54) is 4.90 Å². The minimum atomic E-state index is -1.09. The molecule has 3 rings (SSSR count). The lowest BCUT2D eigenvalue weighted by Crippen LogP contribution is -2.53. The lowest BCUT2D eigenvalue weighted by atomic mass is 9.84. The monoisotopic (exact) mass is 583 g/mol. The van der Waals surface area contributed by atoms with Gasteiger partial charge >= 0.3 is 11.9 Å². The van der Waals surface area contributed by atoms with E-state index in [0.717, 1.165) is 12.0 Å². The maximum Gasteiger partial charge on any atom is 0.341 e. The van der Waals surface area contributed by atoms with E-state index in [0.29, 0.717) is 61.5 Å². The molecule has 1 aliphatic rings. The molecule has 228 valence electrons. The van der Waals surface area contributed by atoms with Crippen molar-refractivity contribution < 1.29 is 43.2 Å². The maximum atomic E-state index is 13.6. The summed E-state index contributed by atoms with van der Waals surface area (Å²) in [6.07, 6.45) is 2.63. The molecule has 1 aliphatic heterocycles. The number of amides is 1. The summed E-state index contributed by atoms with van der Waals surface area (Å²) in [6.45, 7) is 5.16. The van der Waals surface area contributed by atoms with E-state index in [1.54, 1.807) is 52.3 Å². The summed E-state index contributed by atoms with van der Waals surface area (Å²) in [5, 5.41) is 8.89. The van der Waals surface area contributed by atoms with Gasteiger partial charge in [-0.1, -0.05) is 39.0 Å². The van der Waals surface area contributed by atoms with Crippen LogP contribution in [-0.4, -0.2) is 67.0 Å². The summed E-state index contributed by atoms with van der Waals surface area (Å²) in [5.74, 6) is -1.26.